The minimum atomic E-state index is -0.117. The molecule has 118 valence electrons. The van der Waals surface area contributed by atoms with Crippen LogP contribution in [0.4, 0.5) is 5.69 Å². The number of nitrogens with zero attached hydrogens (tertiary/aromatic N) is 1. The third-order valence-corrected chi connectivity index (χ3v) is 5.00. The van der Waals surface area contributed by atoms with Gasteiger partial charge in [-0.25, -0.2) is 0 Å². The monoisotopic (exact) mass is 299 g/mol. The molecule has 0 N–H and O–H groups in total. The van der Waals surface area contributed by atoms with Gasteiger partial charge in [-0.1, -0.05) is 25.0 Å². The Morgan fingerprint density at radius 3 is 2.45 bits per heavy atom. The molecule has 0 saturated heterocycles. The van der Waals surface area contributed by atoms with Crippen LogP contribution >= 0.6 is 0 Å². The van der Waals surface area contributed by atoms with Crippen molar-refractivity contribution in [3.8, 4) is 0 Å². The van der Waals surface area contributed by atoms with Crippen molar-refractivity contribution in [3.63, 3.8) is 0 Å². The molecule has 1 aromatic rings. The molecule has 1 heterocycles. The molecular weight excluding hydrogens is 274 g/mol. The lowest BCUT2D eigenvalue weighted by Gasteiger charge is -2.49. The maximum Gasteiger partial charge on any atom is 0.172 e. The molecule has 3 heteroatoms. The zero-order valence-electron chi connectivity index (χ0n) is 13.8. The summed E-state index contributed by atoms with van der Waals surface area (Å²) in [6.45, 7) is 6.52. The summed E-state index contributed by atoms with van der Waals surface area (Å²) < 4.78 is 0. The maximum absolute atomic E-state index is 12.6. The van der Waals surface area contributed by atoms with E-state index in [2.05, 4.69) is 25.7 Å². The molecule has 1 saturated carbocycles. The van der Waals surface area contributed by atoms with Crippen molar-refractivity contribution in [2.24, 2.45) is 5.92 Å². The second kappa shape index (κ2) is 5.53. The van der Waals surface area contributed by atoms with Crippen LogP contribution in [-0.4, -0.2) is 23.1 Å². The SMILES string of the molecule is CC(C)(C)N1c2ccccc2C(=O)CC(=O)C2CCCCC21. The molecule has 1 aliphatic carbocycles. The van der Waals surface area contributed by atoms with Crippen molar-refractivity contribution in [3.05, 3.63) is 29.8 Å². The standard InChI is InChI=1S/C19H25NO2/c1-19(2,3)20-15-10-6-4-8-13(15)17(21)12-18(22)14-9-5-7-11-16(14)20/h4,6,8,10,14,16H,5,7,9,11-12H2,1-3H3. The fraction of sp³-hybridized carbons (Fsp3) is 0.579. The Bertz CT molecular complexity index is 600. The van der Waals surface area contributed by atoms with Crippen LogP contribution in [0.5, 0.6) is 0 Å². The van der Waals surface area contributed by atoms with Gasteiger partial charge in [0, 0.05) is 28.7 Å². The Labute approximate surface area is 132 Å². The van der Waals surface area contributed by atoms with Gasteiger partial charge in [-0.3, -0.25) is 9.59 Å². The van der Waals surface area contributed by atoms with Crippen LogP contribution in [0.15, 0.2) is 24.3 Å². The predicted molar refractivity (Wildman–Crippen MR) is 88.4 cm³/mol. The van der Waals surface area contributed by atoms with Gasteiger partial charge in [0.1, 0.15) is 5.78 Å². The number of Topliss-reactive ketones (excluding diaryl/α,β-unsaturated/α-hetero) is 2. The molecule has 22 heavy (non-hydrogen) atoms. The average molecular weight is 299 g/mol. The van der Waals surface area contributed by atoms with Gasteiger partial charge in [0.05, 0.1) is 6.42 Å². The Morgan fingerprint density at radius 2 is 1.73 bits per heavy atom. The number of anilines is 1. The molecule has 1 aliphatic heterocycles. The minimum absolute atomic E-state index is 0.00489. The summed E-state index contributed by atoms with van der Waals surface area (Å²) in [5.41, 5.74) is 1.59. The largest absolute Gasteiger partial charge is 0.362 e. The molecule has 0 aromatic heterocycles. The first-order valence-electron chi connectivity index (χ1n) is 8.34. The Hall–Kier alpha value is -1.64. The van der Waals surface area contributed by atoms with E-state index in [9.17, 15) is 9.59 Å². The molecule has 1 fully saturated rings. The number of hydrogen-bond donors (Lipinski definition) is 0. The van der Waals surface area contributed by atoms with Crippen molar-refractivity contribution in [1.82, 2.24) is 0 Å². The van der Waals surface area contributed by atoms with E-state index in [0.29, 0.717) is 5.56 Å². The maximum atomic E-state index is 12.6. The highest BCUT2D eigenvalue weighted by Gasteiger charge is 2.42. The first-order chi connectivity index (χ1) is 10.4. The summed E-state index contributed by atoms with van der Waals surface area (Å²) in [4.78, 5) is 27.6. The van der Waals surface area contributed by atoms with Gasteiger partial charge in [-0.2, -0.15) is 0 Å². The van der Waals surface area contributed by atoms with Crippen molar-refractivity contribution in [2.45, 2.75) is 64.5 Å². The predicted octanol–water partition coefficient (Wildman–Crippen LogP) is 4.01. The molecule has 2 unspecified atom stereocenters. The van der Waals surface area contributed by atoms with Crippen molar-refractivity contribution in [1.29, 1.82) is 0 Å². The van der Waals surface area contributed by atoms with E-state index in [4.69, 9.17) is 0 Å². The molecule has 0 spiro atoms. The second-order valence-electron chi connectivity index (χ2n) is 7.58. The van der Waals surface area contributed by atoms with E-state index in [1.54, 1.807) is 0 Å². The molecule has 0 radical (unpaired) electrons. The lowest BCUT2D eigenvalue weighted by atomic mass is 9.76. The number of carbonyl (C=O) groups is 2. The molecule has 2 atom stereocenters. The number of carbonyl (C=O) groups excluding carboxylic acids is 2. The fourth-order valence-electron chi connectivity index (χ4n) is 4.14. The third kappa shape index (κ3) is 2.57. The van der Waals surface area contributed by atoms with E-state index in [-0.39, 0.29) is 35.5 Å². The molecule has 0 bridgehead atoms. The van der Waals surface area contributed by atoms with Crippen LogP contribution in [0.2, 0.25) is 0 Å². The van der Waals surface area contributed by atoms with E-state index in [1.807, 2.05) is 24.3 Å². The molecule has 0 amide bonds. The quantitative estimate of drug-likeness (QED) is 0.679. The Kier molecular flexibility index (Phi) is 3.84. The van der Waals surface area contributed by atoms with Crippen molar-refractivity contribution >= 4 is 17.3 Å². The summed E-state index contributed by atoms with van der Waals surface area (Å²) in [6, 6.07) is 8.01. The highest BCUT2D eigenvalue weighted by atomic mass is 16.1. The van der Waals surface area contributed by atoms with Gasteiger partial charge >= 0.3 is 0 Å². The second-order valence-corrected chi connectivity index (χ2v) is 7.58. The topological polar surface area (TPSA) is 37.4 Å². The summed E-state index contributed by atoms with van der Waals surface area (Å²) in [6.07, 6.45) is 4.29. The van der Waals surface area contributed by atoms with Gasteiger partial charge in [-0.05, 0) is 45.7 Å². The minimum Gasteiger partial charge on any atom is -0.362 e. The van der Waals surface area contributed by atoms with Crippen LogP contribution in [-0.2, 0) is 4.79 Å². The molecule has 2 aliphatic rings. The summed E-state index contributed by atoms with van der Waals surface area (Å²) in [7, 11) is 0. The first kappa shape index (κ1) is 15.3. The zero-order valence-corrected chi connectivity index (χ0v) is 13.8. The van der Waals surface area contributed by atoms with Crippen LogP contribution in [0.3, 0.4) is 0 Å². The summed E-state index contributed by atoms with van der Waals surface area (Å²) in [5, 5.41) is 0. The van der Waals surface area contributed by atoms with Gasteiger partial charge < -0.3 is 4.90 Å². The Morgan fingerprint density at radius 1 is 1.05 bits per heavy atom. The van der Waals surface area contributed by atoms with E-state index < -0.39 is 0 Å². The fourth-order valence-corrected chi connectivity index (χ4v) is 4.14. The normalized spacial score (nSPS) is 26.0. The van der Waals surface area contributed by atoms with E-state index in [1.165, 1.54) is 0 Å². The third-order valence-electron chi connectivity index (χ3n) is 5.00. The molecular formula is C19H25NO2. The molecule has 3 rings (SSSR count). The highest BCUT2D eigenvalue weighted by Crippen LogP contribution is 2.40. The number of ketones is 2. The Balaban J connectivity index is 2.18. The number of fused-ring (bicyclic) bond motifs is 2. The van der Waals surface area contributed by atoms with Gasteiger partial charge in [0.25, 0.3) is 0 Å². The smallest absolute Gasteiger partial charge is 0.172 e. The van der Waals surface area contributed by atoms with Crippen molar-refractivity contribution in [2.75, 3.05) is 4.90 Å². The molecule has 3 nitrogen and oxygen atoms in total. The first-order valence-corrected chi connectivity index (χ1v) is 8.34. The zero-order chi connectivity index (χ0) is 15.9. The number of para-hydroxylation sites is 1. The van der Waals surface area contributed by atoms with E-state index >= 15 is 0 Å². The van der Waals surface area contributed by atoms with Gasteiger partial charge in [-0.15, -0.1) is 0 Å². The summed E-state index contributed by atoms with van der Waals surface area (Å²) >= 11 is 0. The van der Waals surface area contributed by atoms with Crippen LogP contribution in [0.25, 0.3) is 0 Å². The number of hydrogen-bond acceptors (Lipinski definition) is 3. The molecule has 1 aromatic carbocycles. The highest BCUT2D eigenvalue weighted by molar-refractivity contribution is 6.12. The van der Waals surface area contributed by atoms with Crippen LogP contribution < -0.4 is 4.90 Å². The van der Waals surface area contributed by atoms with Crippen LogP contribution in [0.1, 0.15) is 63.2 Å². The lowest BCUT2D eigenvalue weighted by Crippen LogP contribution is -2.55. The van der Waals surface area contributed by atoms with Crippen LogP contribution in [0, 0.1) is 5.92 Å². The van der Waals surface area contributed by atoms with Gasteiger partial charge in [0.2, 0.25) is 0 Å². The van der Waals surface area contributed by atoms with E-state index in [0.717, 1.165) is 31.4 Å². The summed E-state index contributed by atoms with van der Waals surface area (Å²) in [5.74, 6) is 0.114. The van der Waals surface area contributed by atoms with Crippen molar-refractivity contribution < 1.29 is 9.59 Å². The lowest BCUT2D eigenvalue weighted by molar-refractivity contribution is -0.123. The number of benzene rings is 1. The average Bonchev–Trinajstić information content (AvgIpc) is 2.46. The number of rotatable bonds is 0. The van der Waals surface area contributed by atoms with Gasteiger partial charge in [0.15, 0.2) is 5.78 Å².